The van der Waals surface area contributed by atoms with E-state index >= 15 is 0 Å². The molecule has 0 bridgehead atoms. The van der Waals surface area contributed by atoms with E-state index in [4.69, 9.17) is 9.47 Å². The first-order chi connectivity index (χ1) is 10.3. The summed E-state index contributed by atoms with van der Waals surface area (Å²) in [6.45, 7) is 6.58. The summed E-state index contributed by atoms with van der Waals surface area (Å²) < 4.78 is 11.5. The number of piperidine rings is 1. The Balaban J connectivity index is 1.35. The zero-order valence-electron chi connectivity index (χ0n) is 12.7. The minimum Gasteiger partial charge on any atom is -0.376 e. The molecule has 2 N–H and O–H groups in total. The molecule has 1 spiro atoms. The Morgan fingerprint density at radius 3 is 2.86 bits per heavy atom. The molecule has 3 fully saturated rings. The molecule has 0 unspecified atom stereocenters. The number of nitrogens with one attached hydrogen (secondary N) is 2. The van der Waals surface area contributed by atoms with E-state index < -0.39 is 0 Å². The van der Waals surface area contributed by atoms with E-state index in [1.165, 1.54) is 0 Å². The Kier molecular flexibility index (Phi) is 5.11. The van der Waals surface area contributed by atoms with Crippen LogP contribution in [0.25, 0.3) is 0 Å². The molecule has 1 amide bonds. The molecule has 3 aliphatic heterocycles. The highest BCUT2D eigenvalue weighted by molar-refractivity contribution is 5.78. The fourth-order valence-electron chi connectivity index (χ4n) is 3.44. The molecule has 3 rings (SSSR count). The number of rotatable bonds is 4. The molecule has 0 aliphatic carbocycles. The lowest BCUT2D eigenvalue weighted by atomic mass is 9.90. The van der Waals surface area contributed by atoms with Crippen molar-refractivity contribution in [3.63, 3.8) is 0 Å². The maximum atomic E-state index is 12.0. The third-order valence-electron chi connectivity index (χ3n) is 4.82. The van der Waals surface area contributed by atoms with Gasteiger partial charge in [0.1, 0.15) is 0 Å². The SMILES string of the molecule is O=C(CN1CCC2(CC1)CNCCO2)NC[C@H]1CCCO1. The molecular weight excluding hydrogens is 270 g/mol. The third-order valence-corrected chi connectivity index (χ3v) is 4.82. The van der Waals surface area contributed by atoms with Crippen LogP contribution in [0.4, 0.5) is 0 Å². The van der Waals surface area contributed by atoms with E-state index in [0.29, 0.717) is 13.1 Å². The summed E-state index contributed by atoms with van der Waals surface area (Å²) >= 11 is 0. The number of nitrogens with zero attached hydrogens (tertiary/aromatic N) is 1. The highest BCUT2D eigenvalue weighted by atomic mass is 16.5. The van der Waals surface area contributed by atoms with Crippen molar-refractivity contribution in [3.8, 4) is 0 Å². The Bertz CT molecular complexity index is 342. The number of hydrogen-bond acceptors (Lipinski definition) is 5. The Morgan fingerprint density at radius 2 is 2.19 bits per heavy atom. The van der Waals surface area contributed by atoms with Gasteiger partial charge in [-0.25, -0.2) is 0 Å². The molecule has 120 valence electrons. The molecule has 0 aromatic carbocycles. The first kappa shape index (κ1) is 15.2. The fourth-order valence-corrected chi connectivity index (χ4v) is 3.44. The van der Waals surface area contributed by atoms with Gasteiger partial charge in [-0.05, 0) is 25.7 Å². The van der Waals surface area contributed by atoms with Gasteiger partial charge in [0.25, 0.3) is 0 Å². The van der Waals surface area contributed by atoms with Gasteiger partial charge in [0, 0.05) is 39.3 Å². The molecule has 0 aromatic heterocycles. The van der Waals surface area contributed by atoms with Gasteiger partial charge >= 0.3 is 0 Å². The van der Waals surface area contributed by atoms with Crippen molar-refractivity contribution >= 4 is 5.91 Å². The van der Waals surface area contributed by atoms with Gasteiger partial charge in [-0.1, -0.05) is 0 Å². The molecule has 0 radical (unpaired) electrons. The van der Waals surface area contributed by atoms with Crippen LogP contribution in [0.15, 0.2) is 0 Å². The van der Waals surface area contributed by atoms with Crippen molar-refractivity contribution in [2.45, 2.75) is 37.4 Å². The summed E-state index contributed by atoms with van der Waals surface area (Å²) in [4.78, 5) is 14.2. The van der Waals surface area contributed by atoms with Gasteiger partial charge in [-0.3, -0.25) is 9.69 Å². The predicted molar refractivity (Wildman–Crippen MR) is 79.2 cm³/mol. The van der Waals surface area contributed by atoms with Crippen LogP contribution >= 0.6 is 0 Å². The van der Waals surface area contributed by atoms with E-state index in [1.54, 1.807) is 0 Å². The average molecular weight is 297 g/mol. The number of carbonyl (C=O) groups is 1. The smallest absolute Gasteiger partial charge is 0.234 e. The maximum absolute atomic E-state index is 12.0. The second kappa shape index (κ2) is 7.05. The number of likely N-dealkylation sites (tertiary alicyclic amines) is 1. The average Bonchev–Trinajstić information content (AvgIpc) is 3.02. The molecule has 0 aromatic rings. The lowest BCUT2D eigenvalue weighted by molar-refractivity contribution is -0.126. The summed E-state index contributed by atoms with van der Waals surface area (Å²) in [6.07, 6.45) is 4.43. The second-order valence-electron chi connectivity index (χ2n) is 6.42. The molecule has 6 nitrogen and oxygen atoms in total. The highest BCUT2D eigenvalue weighted by Crippen LogP contribution is 2.27. The van der Waals surface area contributed by atoms with Crippen LogP contribution < -0.4 is 10.6 Å². The summed E-state index contributed by atoms with van der Waals surface area (Å²) in [5.41, 5.74) is 0.0168. The fraction of sp³-hybridized carbons (Fsp3) is 0.933. The van der Waals surface area contributed by atoms with Crippen molar-refractivity contribution < 1.29 is 14.3 Å². The van der Waals surface area contributed by atoms with Crippen LogP contribution in [0, 0.1) is 0 Å². The van der Waals surface area contributed by atoms with Gasteiger partial charge in [-0.2, -0.15) is 0 Å². The molecule has 0 saturated carbocycles. The lowest BCUT2D eigenvalue weighted by Crippen LogP contribution is -2.56. The van der Waals surface area contributed by atoms with Gasteiger partial charge in [0.2, 0.25) is 5.91 Å². The van der Waals surface area contributed by atoms with Crippen molar-refractivity contribution in [1.82, 2.24) is 15.5 Å². The van der Waals surface area contributed by atoms with Crippen molar-refractivity contribution in [1.29, 1.82) is 0 Å². The Morgan fingerprint density at radius 1 is 1.33 bits per heavy atom. The predicted octanol–water partition coefficient (Wildman–Crippen LogP) is -0.264. The van der Waals surface area contributed by atoms with Crippen LogP contribution in [0.5, 0.6) is 0 Å². The molecular formula is C15H27N3O3. The molecule has 3 heterocycles. The molecule has 1 atom stereocenters. The van der Waals surface area contributed by atoms with Crippen molar-refractivity contribution in [2.75, 3.05) is 52.5 Å². The highest BCUT2D eigenvalue weighted by Gasteiger charge is 2.37. The summed E-state index contributed by atoms with van der Waals surface area (Å²) in [5.74, 6) is 0.115. The number of hydrogen-bond donors (Lipinski definition) is 2. The standard InChI is InChI=1S/C15H27N3O3/c19-14(17-10-13-2-1-8-20-13)11-18-6-3-15(4-7-18)12-16-5-9-21-15/h13,16H,1-12H2,(H,17,19)/t13-/m1/s1. The van der Waals surface area contributed by atoms with Crippen molar-refractivity contribution in [2.24, 2.45) is 0 Å². The molecule has 3 aliphatic rings. The van der Waals surface area contributed by atoms with E-state index in [-0.39, 0.29) is 17.6 Å². The van der Waals surface area contributed by atoms with E-state index in [9.17, 15) is 4.79 Å². The van der Waals surface area contributed by atoms with Crippen LogP contribution in [0.2, 0.25) is 0 Å². The van der Waals surface area contributed by atoms with Crippen LogP contribution in [0.1, 0.15) is 25.7 Å². The topological polar surface area (TPSA) is 62.8 Å². The van der Waals surface area contributed by atoms with Gasteiger partial charge in [0.15, 0.2) is 0 Å². The van der Waals surface area contributed by atoms with E-state index in [0.717, 1.165) is 65.1 Å². The number of ether oxygens (including phenoxy) is 2. The van der Waals surface area contributed by atoms with Gasteiger partial charge in [0.05, 0.1) is 24.9 Å². The lowest BCUT2D eigenvalue weighted by Gasteiger charge is -2.43. The number of carbonyl (C=O) groups excluding carboxylic acids is 1. The first-order valence-corrected chi connectivity index (χ1v) is 8.21. The summed E-state index contributed by atoms with van der Waals surface area (Å²) in [6, 6.07) is 0. The second-order valence-corrected chi connectivity index (χ2v) is 6.42. The first-order valence-electron chi connectivity index (χ1n) is 8.21. The Hall–Kier alpha value is -0.690. The third kappa shape index (κ3) is 4.16. The van der Waals surface area contributed by atoms with Gasteiger partial charge in [-0.15, -0.1) is 0 Å². The monoisotopic (exact) mass is 297 g/mol. The van der Waals surface area contributed by atoms with Crippen LogP contribution in [-0.2, 0) is 14.3 Å². The van der Waals surface area contributed by atoms with Crippen LogP contribution in [0.3, 0.4) is 0 Å². The zero-order chi connectivity index (χ0) is 14.5. The molecule has 21 heavy (non-hydrogen) atoms. The van der Waals surface area contributed by atoms with Crippen LogP contribution in [-0.4, -0.2) is 75.0 Å². The summed E-state index contributed by atoms with van der Waals surface area (Å²) in [5, 5.41) is 6.41. The van der Waals surface area contributed by atoms with Gasteiger partial charge < -0.3 is 20.1 Å². The molecule has 6 heteroatoms. The maximum Gasteiger partial charge on any atom is 0.234 e. The Labute approximate surface area is 126 Å². The number of morpholine rings is 1. The minimum atomic E-state index is 0.0168. The quantitative estimate of drug-likeness (QED) is 0.748. The number of amides is 1. The molecule has 3 saturated heterocycles. The minimum absolute atomic E-state index is 0.0168. The van der Waals surface area contributed by atoms with E-state index in [1.807, 2.05) is 0 Å². The van der Waals surface area contributed by atoms with Crippen molar-refractivity contribution in [3.05, 3.63) is 0 Å². The largest absolute Gasteiger partial charge is 0.376 e. The summed E-state index contributed by atoms with van der Waals surface area (Å²) in [7, 11) is 0. The normalized spacial score (nSPS) is 29.6. The van der Waals surface area contributed by atoms with E-state index in [2.05, 4.69) is 15.5 Å². The zero-order valence-corrected chi connectivity index (χ0v) is 12.7.